The Kier molecular flexibility index (Phi) is 3.56. The van der Waals surface area contributed by atoms with Crippen LogP contribution in [0.1, 0.15) is 31.4 Å². The van der Waals surface area contributed by atoms with E-state index in [9.17, 15) is 13.6 Å². The van der Waals surface area contributed by atoms with E-state index in [2.05, 4.69) is 0 Å². The molecule has 1 nitrogen and oxygen atoms in total. The Morgan fingerprint density at radius 1 is 1.40 bits per heavy atom. The van der Waals surface area contributed by atoms with E-state index < -0.39 is 5.67 Å². The van der Waals surface area contributed by atoms with E-state index in [0.29, 0.717) is 17.5 Å². The minimum atomic E-state index is -1.48. The van der Waals surface area contributed by atoms with Crippen LogP contribution in [0.3, 0.4) is 0 Å². The summed E-state index contributed by atoms with van der Waals surface area (Å²) in [5, 5.41) is 0. The van der Waals surface area contributed by atoms with Crippen molar-refractivity contribution < 1.29 is 13.6 Å². The minimum absolute atomic E-state index is 0.257. The first-order chi connectivity index (χ1) is 6.95. The zero-order chi connectivity index (χ0) is 11.5. The van der Waals surface area contributed by atoms with Gasteiger partial charge in [-0.25, -0.2) is 8.78 Å². The van der Waals surface area contributed by atoms with Crippen molar-refractivity contribution in [3.63, 3.8) is 0 Å². The normalized spacial score (nSPS) is 11.5. The number of aryl methyl sites for hydroxylation is 1. The van der Waals surface area contributed by atoms with Gasteiger partial charge in [-0.3, -0.25) is 0 Å². The summed E-state index contributed by atoms with van der Waals surface area (Å²) < 4.78 is 26.8. The van der Waals surface area contributed by atoms with E-state index in [1.54, 1.807) is 0 Å². The van der Waals surface area contributed by atoms with E-state index >= 15 is 0 Å². The van der Waals surface area contributed by atoms with Gasteiger partial charge in [-0.2, -0.15) is 0 Å². The van der Waals surface area contributed by atoms with Crippen molar-refractivity contribution in [1.82, 2.24) is 0 Å². The van der Waals surface area contributed by atoms with Crippen molar-refractivity contribution in [1.29, 1.82) is 0 Å². The first kappa shape index (κ1) is 11.8. The molecule has 0 aliphatic rings. The quantitative estimate of drug-likeness (QED) is 0.700. The monoisotopic (exact) mass is 212 g/mol. The Morgan fingerprint density at radius 2 is 2.07 bits per heavy atom. The molecule has 0 atom stereocenters. The highest BCUT2D eigenvalue weighted by atomic mass is 19.1. The molecule has 0 aliphatic heterocycles. The molecule has 0 aromatic heterocycles. The standard InChI is InChI=1S/C12H14F2O/c1-12(2,14)10-5-6-11(13)9(8-10)4-3-7-15/h5-8H,3-4H2,1-2H3. The molecule has 3 heteroatoms. The minimum Gasteiger partial charge on any atom is -0.303 e. The van der Waals surface area contributed by atoms with Gasteiger partial charge in [-0.15, -0.1) is 0 Å². The number of aldehydes is 1. The highest BCUT2D eigenvalue weighted by Crippen LogP contribution is 2.26. The van der Waals surface area contributed by atoms with Crippen LogP contribution in [0.15, 0.2) is 18.2 Å². The molecule has 0 amide bonds. The molecule has 1 aromatic rings. The van der Waals surface area contributed by atoms with Gasteiger partial charge in [0.2, 0.25) is 0 Å². The van der Waals surface area contributed by atoms with Crippen molar-refractivity contribution in [3.05, 3.63) is 35.1 Å². The Morgan fingerprint density at radius 3 is 2.60 bits per heavy atom. The van der Waals surface area contributed by atoms with E-state index in [4.69, 9.17) is 0 Å². The van der Waals surface area contributed by atoms with Gasteiger partial charge in [0.15, 0.2) is 0 Å². The SMILES string of the molecule is CC(C)(F)c1ccc(F)c(CCC=O)c1. The topological polar surface area (TPSA) is 17.1 Å². The maximum Gasteiger partial charge on any atom is 0.130 e. The summed E-state index contributed by atoms with van der Waals surface area (Å²) in [6.07, 6.45) is 1.30. The predicted molar refractivity (Wildman–Crippen MR) is 54.9 cm³/mol. The lowest BCUT2D eigenvalue weighted by molar-refractivity contribution is -0.107. The molecule has 0 unspecified atom stereocenters. The lowest BCUT2D eigenvalue weighted by Crippen LogP contribution is -2.10. The number of carbonyl (C=O) groups excluding carboxylic acids is 1. The maximum atomic E-state index is 13.6. The second-order valence-corrected chi connectivity index (χ2v) is 3.98. The maximum absolute atomic E-state index is 13.6. The molecule has 1 aromatic carbocycles. The fourth-order valence-corrected chi connectivity index (χ4v) is 1.35. The Bertz CT molecular complexity index is 353. The smallest absolute Gasteiger partial charge is 0.130 e. The third-order valence-electron chi connectivity index (χ3n) is 2.26. The number of halogens is 2. The zero-order valence-corrected chi connectivity index (χ0v) is 8.89. The van der Waals surface area contributed by atoms with Crippen LogP contribution in [0.25, 0.3) is 0 Å². The van der Waals surface area contributed by atoms with Crippen LogP contribution >= 0.6 is 0 Å². The molecule has 0 bridgehead atoms. The van der Waals surface area contributed by atoms with Gasteiger partial charge in [0.1, 0.15) is 17.8 Å². The van der Waals surface area contributed by atoms with Crippen LogP contribution in [0.5, 0.6) is 0 Å². The molecule has 82 valence electrons. The van der Waals surface area contributed by atoms with Crippen molar-refractivity contribution in [2.45, 2.75) is 32.4 Å². The Balaban J connectivity index is 3.00. The molecule has 0 spiro atoms. The summed E-state index contributed by atoms with van der Waals surface area (Å²) in [7, 11) is 0. The number of hydrogen-bond acceptors (Lipinski definition) is 1. The van der Waals surface area contributed by atoms with E-state index in [1.165, 1.54) is 32.0 Å². The number of carbonyl (C=O) groups is 1. The first-order valence-corrected chi connectivity index (χ1v) is 4.86. The molecule has 0 saturated carbocycles. The van der Waals surface area contributed by atoms with Crippen LogP contribution in [0, 0.1) is 5.82 Å². The summed E-state index contributed by atoms with van der Waals surface area (Å²) in [6.45, 7) is 2.84. The van der Waals surface area contributed by atoms with Gasteiger partial charge in [0.25, 0.3) is 0 Å². The average molecular weight is 212 g/mol. The molecule has 0 heterocycles. The predicted octanol–water partition coefficient (Wildman–Crippen LogP) is 3.16. The third-order valence-corrected chi connectivity index (χ3v) is 2.26. The highest BCUT2D eigenvalue weighted by Gasteiger charge is 2.19. The number of alkyl halides is 1. The third kappa shape index (κ3) is 3.11. The van der Waals surface area contributed by atoms with E-state index in [0.717, 1.165) is 6.29 Å². The summed E-state index contributed by atoms with van der Waals surface area (Å²) in [5.74, 6) is -0.384. The lowest BCUT2D eigenvalue weighted by Gasteiger charge is -2.15. The number of benzene rings is 1. The highest BCUT2D eigenvalue weighted by molar-refractivity contribution is 5.50. The fourth-order valence-electron chi connectivity index (χ4n) is 1.35. The molecule has 0 N–H and O–H groups in total. The first-order valence-electron chi connectivity index (χ1n) is 4.86. The molecule has 0 saturated heterocycles. The summed E-state index contributed by atoms with van der Waals surface area (Å²) in [6, 6.07) is 4.16. The van der Waals surface area contributed by atoms with Crippen molar-refractivity contribution >= 4 is 6.29 Å². The lowest BCUT2D eigenvalue weighted by atomic mass is 9.96. The Hall–Kier alpha value is -1.25. The Labute approximate surface area is 88.1 Å². The van der Waals surface area contributed by atoms with Gasteiger partial charge < -0.3 is 4.79 Å². The largest absolute Gasteiger partial charge is 0.303 e. The fraction of sp³-hybridized carbons (Fsp3) is 0.417. The summed E-state index contributed by atoms with van der Waals surface area (Å²) in [4.78, 5) is 10.2. The van der Waals surface area contributed by atoms with Gasteiger partial charge in [-0.05, 0) is 43.5 Å². The molecule has 0 radical (unpaired) electrons. The molecule has 0 fully saturated rings. The molecular formula is C12H14F2O. The molecule has 15 heavy (non-hydrogen) atoms. The van der Waals surface area contributed by atoms with Crippen molar-refractivity contribution in [2.24, 2.45) is 0 Å². The van der Waals surface area contributed by atoms with Crippen LogP contribution in [-0.2, 0) is 16.9 Å². The van der Waals surface area contributed by atoms with Gasteiger partial charge in [-0.1, -0.05) is 6.07 Å². The van der Waals surface area contributed by atoms with E-state index in [1.807, 2.05) is 0 Å². The number of hydrogen-bond donors (Lipinski definition) is 0. The second-order valence-electron chi connectivity index (χ2n) is 3.98. The molecule has 1 rings (SSSR count). The van der Waals surface area contributed by atoms with Crippen LogP contribution in [0.4, 0.5) is 8.78 Å². The second kappa shape index (κ2) is 4.51. The van der Waals surface area contributed by atoms with Crippen molar-refractivity contribution in [2.75, 3.05) is 0 Å². The average Bonchev–Trinajstić information content (AvgIpc) is 2.15. The molecular weight excluding hydrogens is 198 g/mol. The summed E-state index contributed by atoms with van der Waals surface area (Å²) >= 11 is 0. The van der Waals surface area contributed by atoms with Gasteiger partial charge in [0.05, 0.1) is 0 Å². The molecule has 0 aliphatic carbocycles. The van der Waals surface area contributed by atoms with E-state index in [-0.39, 0.29) is 12.2 Å². The van der Waals surface area contributed by atoms with Crippen LogP contribution in [-0.4, -0.2) is 6.29 Å². The number of rotatable bonds is 4. The summed E-state index contributed by atoms with van der Waals surface area (Å²) in [5.41, 5.74) is -0.654. The zero-order valence-electron chi connectivity index (χ0n) is 8.89. The van der Waals surface area contributed by atoms with Crippen LogP contribution in [0.2, 0.25) is 0 Å². The van der Waals surface area contributed by atoms with Gasteiger partial charge in [0, 0.05) is 6.42 Å². The van der Waals surface area contributed by atoms with Crippen LogP contribution < -0.4 is 0 Å². The van der Waals surface area contributed by atoms with Crippen molar-refractivity contribution in [3.8, 4) is 0 Å². The van der Waals surface area contributed by atoms with Gasteiger partial charge >= 0.3 is 0 Å².